The van der Waals surface area contributed by atoms with E-state index in [4.69, 9.17) is 9.47 Å². The fraction of sp³-hybridized carbons (Fsp3) is 0.385. The molecule has 1 fully saturated rings. The maximum atomic E-state index is 13.1. The Hall–Kier alpha value is -3.35. The minimum Gasteiger partial charge on any atom is -0.468 e. The first-order chi connectivity index (χ1) is 18.1. The van der Waals surface area contributed by atoms with Crippen molar-refractivity contribution in [3.63, 3.8) is 0 Å². The molecule has 0 atom stereocenters. The Labute approximate surface area is 224 Å². The normalized spacial score (nSPS) is 15.1. The van der Waals surface area contributed by atoms with Crippen LogP contribution in [0, 0.1) is 0 Å². The largest absolute Gasteiger partial charge is 0.468 e. The number of rotatable bonds is 7. The molecule has 0 saturated heterocycles. The van der Waals surface area contributed by atoms with Crippen LogP contribution in [0.15, 0.2) is 52.4 Å². The van der Waals surface area contributed by atoms with Crippen LogP contribution < -0.4 is 4.80 Å². The molecule has 0 radical (unpaired) electrons. The van der Waals surface area contributed by atoms with Gasteiger partial charge in [0, 0.05) is 18.7 Å². The molecule has 2 aromatic carbocycles. The van der Waals surface area contributed by atoms with Gasteiger partial charge in [0.1, 0.15) is 6.54 Å². The van der Waals surface area contributed by atoms with Crippen LogP contribution in [-0.4, -0.2) is 62.4 Å². The van der Waals surface area contributed by atoms with Gasteiger partial charge in [0.05, 0.1) is 34.9 Å². The molecule has 0 bridgehead atoms. The van der Waals surface area contributed by atoms with Crippen LogP contribution in [0.5, 0.6) is 0 Å². The molecule has 12 heteroatoms. The van der Waals surface area contributed by atoms with Gasteiger partial charge in [-0.25, -0.2) is 13.2 Å². The zero-order valence-corrected chi connectivity index (χ0v) is 23.0. The molecule has 0 spiro atoms. The van der Waals surface area contributed by atoms with Crippen molar-refractivity contribution in [1.82, 2.24) is 8.87 Å². The highest BCUT2D eigenvalue weighted by atomic mass is 32.2. The lowest BCUT2D eigenvalue weighted by atomic mass is 9.96. The zero-order valence-electron chi connectivity index (χ0n) is 21.4. The van der Waals surface area contributed by atoms with Gasteiger partial charge in [-0.05, 0) is 55.3 Å². The number of aromatic nitrogens is 1. The smallest absolute Gasteiger partial charge is 0.337 e. The van der Waals surface area contributed by atoms with Crippen molar-refractivity contribution in [1.29, 1.82) is 0 Å². The molecule has 1 amide bonds. The van der Waals surface area contributed by atoms with Gasteiger partial charge < -0.3 is 14.0 Å². The molecule has 1 aliphatic rings. The summed E-state index contributed by atoms with van der Waals surface area (Å²) in [7, 11) is 0.451. The van der Waals surface area contributed by atoms with E-state index in [1.54, 1.807) is 25.2 Å². The number of hydrogen-bond acceptors (Lipinski definition) is 8. The minimum absolute atomic E-state index is 0.0250. The second kappa shape index (κ2) is 11.6. The SMILES string of the molecule is COC(=O)Cn1c(=NC(=O)c2ccc(S(=O)(=O)N(C)C3CCCCC3)cc2)sc2cc(C(=O)OC)ccc21. The molecule has 1 aliphatic carbocycles. The van der Waals surface area contributed by atoms with E-state index in [0.717, 1.165) is 43.4 Å². The Morgan fingerprint density at radius 3 is 2.29 bits per heavy atom. The Morgan fingerprint density at radius 1 is 1.00 bits per heavy atom. The molecule has 1 saturated carbocycles. The summed E-state index contributed by atoms with van der Waals surface area (Å²) < 4.78 is 39.4. The average Bonchev–Trinajstić information content (AvgIpc) is 3.27. The molecule has 38 heavy (non-hydrogen) atoms. The molecule has 10 nitrogen and oxygen atoms in total. The molecule has 0 N–H and O–H groups in total. The zero-order chi connectivity index (χ0) is 27.4. The lowest BCUT2D eigenvalue weighted by molar-refractivity contribution is -0.141. The fourth-order valence-corrected chi connectivity index (χ4v) is 6.96. The first-order valence-electron chi connectivity index (χ1n) is 12.1. The van der Waals surface area contributed by atoms with Crippen LogP contribution in [0.4, 0.5) is 0 Å². The van der Waals surface area contributed by atoms with Crippen molar-refractivity contribution in [2.45, 2.75) is 49.6 Å². The summed E-state index contributed by atoms with van der Waals surface area (Å²) in [5.41, 5.74) is 1.10. The van der Waals surface area contributed by atoms with Gasteiger partial charge in [0.15, 0.2) is 4.80 Å². The van der Waals surface area contributed by atoms with Gasteiger partial charge in [-0.2, -0.15) is 9.30 Å². The average molecular weight is 560 g/mol. The lowest BCUT2D eigenvalue weighted by Crippen LogP contribution is -2.38. The van der Waals surface area contributed by atoms with Crippen LogP contribution in [0.25, 0.3) is 10.2 Å². The van der Waals surface area contributed by atoms with Gasteiger partial charge in [-0.3, -0.25) is 9.59 Å². The highest BCUT2D eigenvalue weighted by molar-refractivity contribution is 7.89. The fourth-order valence-electron chi connectivity index (χ4n) is 4.48. The Bertz CT molecular complexity index is 1530. The first-order valence-corrected chi connectivity index (χ1v) is 14.4. The number of sulfonamides is 1. The van der Waals surface area contributed by atoms with Gasteiger partial charge in [0.25, 0.3) is 5.91 Å². The van der Waals surface area contributed by atoms with Gasteiger partial charge in [-0.15, -0.1) is 0 Å². The topological polar surface area (TPSA) is 124 Å². The van der Waals surface area contributed by atoms with E-state index in [9.17, 15) is 22.8 Å². The highest BCUT2D eigenvalue weighted by Crippen LogP contribution is 2.27. The number of fused-ring (bicyclic) bond motifs is 1. The predicted molar refractivity (Wildman–Crippen MR) is 141 cm³/mol. The molecular formula is C26H29N3O7S2. The van der Waals surface area contributed by atoms with Gasteiger partial charge >= 0.3 is 11.9 Å². The van der Waals surface area contributed by atoms with Crippen molar-refractivity contribution in [2.75, 3.05) is 21.3 Å². The van der Waals surface area contributed by atoms with Gasteiger partial charge in [-0.1, -0.05) is 30.6 Å². The summed E-state index contributed by atoms with van der Waals surface area (Å²) in [5, 5.41) is 0. The van der Waals surface area contributed by atoms with Crippen LogP contribution >= 0.6 is 11.3 Å². The van der Waals surface area contributed by atoms with E-state index >= 15 is 0 Å². The summed E-state index contributed by atoms with van der Waals surface area (Å²) in [6.07, 6.45) is 4.82. The molecule has 3 aromatic rings. The number of thiazole rings is 1. The maximum absolute atomic E-state index is 13.1. The van der Waals surface area contributed by atoms with Crippen molar-refractivity contribution in [3.8, 4) is 0 Å². The summed E-state index contributed by atoms with van der Waals surface area (Å²) in [5.74, 6) is -1.65. The summed E-state index contributed by atoms with van der Waals surface area (Å²) in [4.78, 5) is 41.6. The number of ether oxygens (including phenoxy) is 2. The van der Waals surface area contributed by atoms with E-state index < -0.39 is 27.9 Å². The third-order valence-electron chi connectivity index (χ3n) is 6.68. The highest BCUT2D eigenvalue weighted by Gasteiger charge is 2.29. The molecular weight excluding hydrogens is 530 g/mol. The van der Waals surface area contributed by atoms with Crippen molar-refractivity contribution < 1.29 is 32.3 Å². The van der Waals surface area contributed by atoms with E-state index in [-0.39, 0.29) is 27.8 Å². The monoisotopic (exact) mass is 559 g/mol. The third-order valence-corrected chi connectivity index (χ3v) is 9.65. The van der Waals surface area contributed by atoms with Crippen LogP contribution in [0.2, 0.25) is 0 Å². The molecule has 202 valence electrons. The van der Waals surface area contributed by atoms with E-state index in [1.807, 2.05) is 0 Å². The summed E-state index contributed by atoms with van der Waals surface area (Å²) >= 11 is 1.13. The van der Waals surface area contributed by atoms with Crippen molar-refractivity contribution >= 4 is 49.4 Å². The van der Waals surface area contributed by atoms with E-state index in [1.165, 1.54) is 47.4 Å². The quantitative estimate of drug-likeness (QED) is 0.407. The Morgan fingerprint density at radius 2 is 1.66 bits per heavy atom. The number of carbonyl (C=O) groups excluding carboxylic acids is 3. The predicted octanol–water partition coefficient (Wildman–Crippen LogP) is 3.36. The summed E-state index contributed by atoms with van der Waals surface area (Å²) in [6, 6.07) is 10.5. The molecule has 4 rings (SSSR count). The number of benzene rings is 2. The lowest BCUT2D eigenvalue weighted by Gasteiger charge is -2.30. The number of carbonyl (C=O) groups is 3. The maximum Gasteiger partial charge on any atom is 0.337 e. The summed E-state index contributed by atoms with van der Waals surface area (Å²) in [6.45, 7) is -0.190. The van der Waals surface area contributed by atoms with E-state index in [0.29, 0.717) is 15.8 Å². The molecule has 1 aromatic heterocycles. The Balaban J connectivity index is 1.66. The van der Waals surface area contributed by atoms with Crippen molar-refractivity contribution in [3.05, 3.63) is 58.4 Å². The number of methoxy groups -OCH3 is 2. The van der Waals surface area contributed by atoms with Crippen LogP contribution in [0.1, 0.15) is 52.8 Å². The standard InChI is InChI=1S/C26H29N3O7S2/c1-28(19-7-5-4-6-8-19)38(33,34)20-12-9-17(10-13-20)24(31)27-26-29(16-23(30)35-2)21-14-11-18(25(32)36-3)15-22(21)37-26/h9-15,19H,4-8,16H2,1-3H3. The number of nitrogens with zero attached hydrogens (tertiary/aromatic N) is 3. The first kappa shape index (κ1) is 27.7. The molecule has 0 unspecified atom stereocenters. The van der Waals surface area contributed by atoms with Gasteiger partial charge in [0.2, 0.25) is 10.0 Å². The molecule has 1 heterocycles. The van der Waals surface area contributed by atoms with Crippen LogP contribution in [0.3, 0.4) is 0 Å². The third kappa shape index (κ3) is 5.71. The molecule has 0 aliphatic heterocycles. The minimum atomic E-state index is -3.69. The van der Waals surface area contributed by atoms with Crippen molar-refractivity contribution in [2.24, 2.45) is 4.99 Å². The second-order valence-corrected chi connectivity index (χ2v) is 12.0. The number of hydrogen-bond donors (Lipinski definition) is 0. The second-order valence-electron chi connectivity index (χ2n) is 8.98. The van der Waals surface area contributed by atoms with Crippen LogP contribution in [-0.2, 0) is 30.8 Å². The number of esters is 2. The Kier molecular flexibility index (Phi) is 8.44. The van der Waals surface area contributed by atoms with E-state index in [2.05, 4.69) is 4.99 Å². The number of amides is 1.